The van der Waals surface area contributed by atoms with E-state index in [-0.39, 0.29) is 0 Å². The van der Waals surface area contributed by atoms with Crippen molar-refractivity contribution >= 4 is 0 Å². The molecule has 0 saturated heterocycles. The molecule has 198 valence electrons. The van der Waals surface area contributed by atoms with Crippen molar-refractivity contribution in [2.75, 3.05) is 26.2 Å². The van der Waals surface area contributed by atoms with E-state index in [9.17, 15) is 0 Å². The number of rotatable bonds is 24. The largest absolute Gasteiger partial charge is 0.299 e. The SMILES string of the molecule is CCCCCCCCCCN(CC)Cc1cccc(CN(CC)CCCCCCCCCC)c1. The van der Waals surface area contributed by atoms with E-state index in [1.807, 2.05) is 0 Å². The lowest BCUT2D eigenvalue weighted by atomic mass is 10.1. The third-order valence-electron chi connectivity index (χ3n) is 7.35. The lowest BCUT2D eigenvalue weighted by Gasteiger charge is -2.23. The summed E-state index contributed by atoms with van der Waals surface area (Å²) in [7, 11) is 0. The molecule has 0 heterocycles. The molecule has 0 spiro atoms. The maximum absolute atomic E-state index is 2.63. The van der Waals surface area contributed by atoms with Gasteiger partial charge in [0.1, 0.15) is 0 Å². The first kappa shape index (κ1) is 31.2. The van der Waals surface area contributed by atoms with Gasteiger partial charge in [0.15, 0.2) is 0 Å². The highest BCUT2D eigenvalue weighted by Gasteiger charge is 2.07. The fraction of sp³-hybridized carbons (Fsp3) is 0.812. The van der Waals surface area contributed by atoms with Gasteiger partial charge in [-0.25, -0.2) is 0 Å². The van der Waals surface area contributed by atoms with Crippen LogP contribution in [0.5, 0.6) is 0 Å². The molecule has 0 fully saturated rings. The van der Waals surface area contributed by atoms with Crippen LogP contribution in [0.2, 0.25) is 0 Å². The highest BCUT2D eigenvalue weighted by molar-refractivity contribution is 5.23. The van der Waals surface area contributed by atoms with E-state index in [4.69, 9.17) is 0 Å². The van der Waals surface area contributed by atoms with E-state index >= 15 is 0 Å². The van der Waals surface area contributed by atoms with Crippen molar-refractivity contribution in [1.82, 2.24) is 9.80 Å². The second kappa shape index (κ2) is 22.6. The van der Waals surface area contributed by atoms with Gasteiger partial charge in [-0.1, -0.05) is 142 Å². The highest BCUT2D eigenvalue weighted by Crippen LogP contribution is 2.14. The molecule has 0 saturated carbocycles. The number of hydrogen-bond acceptors (Lipinski definition) is 2. The van der Waals surface area contributed by atoms with Crippen LogP contribution in [0.25, 0.3) is 0 Å². The van der Waals surface area contributed by atoms with Crippen molar-refractivity contribution in [3.8, 4) is 0 Å². The molecule has 0 unspecified atom stereocenters. The molecule has 1 aromatic carbocycles. The molecule has 1 aromatic rings. The number of hydrogen-bond donors (Lipinski definition) is 0. The first-order chi connectivity index (χ1) is 16.7. The van der Waals surface area contributed by atoms with E-state index in [0.717, 1.165) is 26.2 Å². The van der Waals surface area contributed by atoms with Crippen molar-refractivity contribution in [2.24, 2.45) is 0 Å². The molecule has 0 aliphatic rings. The second-order valence-corrected chi connectivity index (χ2v) is 10.5. The third-order valence-corrected chi connectivity index (χ3v) is 7.35. The summed E-state index contributed by atoms with van der Waals surface area (Å²) in [5, 5.41) is 0. The Bertz CT molecular complexity index is 510. The minimum atomic E-state index is 1.10. The molecule has 2 heteroatoms. The summed E-state index contributed by atoms with van der Waals surface area (Å²) in [6.45, 7) is 16.2. The van der Waals surface area contributed by atoms with E-state index in [0.29, 0.717) is 0 Å². The maximum Gasteiger partial charge on any atom is 0.0233 e. The Morgan fingerprint density at radius 1 is 0.471 bits per heavy atom. The molecule has 0 aliphatic carbocycles. The molecule has 2 nitrogen and oxygen atoms in total. The summed E-state index contributed by atoms with van der Waals surface area (Å²) < 4.78 is 0. The van der Waals surface area contributed by atoms with Crippen LogP contribution in [-0.2, 0) is 13.1 Å². The predicted molar refractivity (Wildman–Crippen MR) is 154 cm³/mol. The van der Waals surface area contributed by atoms with Crippen molar-refractivity contribution < 1.29 is 0 Å². The van der Waals surface area contributed by atoms with Crippen LogP contribution < -0.4 is 0 Å². The van der Waals surface area contributed by atoms with E-state index < -0.39 is 0 Å². The van der Waals surface area contributed by atoms with E-state index in [1.165, 1.54) is 127 Å². The average molecular weight is 473 g/mol. The van der Waals surface area contributed by atoms with Crippen molar-refractivity contribution in [3.05, 3.63) is 35.4 Å². The summed E-state index contributed by atoms with van der Waals surface area (Å²) in [4.78, 5) is 5.27. The van der Waals surface area contributed by atoms with Crippen LogP contribution in [0.4, 0.5) is 0 Å². The van der Waals surface area contributed by atoms with Gasteiger partial charge in [-0.2, -0.15) is 0 Å². The van der Waals surface area contributed by atoms with Crippen LogP contribution in [0.3, 0.4) is 0 Å². The Morgan fingerprint density at radius 2 is 0.824 bits per heavy atom. The Hall–Kier alpha value is -0.860. The molecular formula is C32H60N2. The molecule has 0 atom stereocenters. The molecule has 0 aromatic heterocycles. The average Bonchev–Trinajstić information content (AvgIpc) is 2.86. The van der Waals surface area contributed by atoms with Gasteiger partial charge in [-0.15, -0.1) is 0 Å². The molecule has 1 rings (SSSR count). The number of benzene rings is 1. The van der Waals surface area contributed by atoms with Gasteiger partial charge in [0.05, 0.1) is 0 Å². The highest BCUT2D eigenvalue weighted by atomic mass is 15.1. The number of unbranched alkanes of at least 4 members (excludes halogenated alkanes) is 14. The monoisotopic (exact) mass is 472 g/mol. The standard InChI is InChI=1S/C32H60N2/c1-5-9-11-13-15-17-19-21-26-33(7-3)29-31-24-23-25-32(28-31)30-34(8-4)27-22-20-18-16-14-12-10-6-2/h23-25,28H,5-22,26-27,29-30H2,1-4H3. The minimum absolute atomic E-state index is 1.10. The number of nitrogens with zero attached hydrogens (tertiary/aromatic N) is 2. The lowest BCUT2D eigenvalue weighted by molar-refractivity contribution is 0.268. The quantitative estimate of drug-likeness (QED) is 0.138. The fourth-order valence-electron chi connectivity index (χ4n) is 4.98. The van der Waals surface area contributed by atoms with Gasteiger partial charge in [0.2, 0.25) is 0 Å². The van der Waals surface area contributed by atoms with Gasteiger partial charge in [0.25, 0.3) is 0 Å². The van der Waals surface area contributed by atoms with Crippen LogP contribution in [0, 0.1) is 0 Å². The minimum Gasteiger partial charge on any atom is -0.299 e. The van der Waals surface area contributed by atoms with Crippen LogP contribution in [-0.4, -0.2) is 36.0 Å². The van der Waals surface area contributed by atoms with Crippen LogP contribution >= 0.6 is 0 Å². The zero-order valence-corrected chi connectivity index (χ0v) is 23.8. The Morgan fingerprint density at radius 3 is 1.18 bits per heavy atom. The molecule has 0 N–H and O–H groups in total. The molecule has 0 bridgehead atoms. The van der Waals surface area contributed by atoms with Crippen molar-refractivity contribution in [1.29, 1.82) is 0 Å². The molecule has 0 aliphatic heterocycles. The van der Waals surface area contributed by atoms with Gasteiger partial charge >= 0.3 is 0 Å². The molecule has 0 radical (unpaired) electrons. The van der Waals surface area contributed by atoms with Crippen molar-refractivity contribution in [3.63, 3.8) is 0 Å². The van der Waals surface area contributed by atoms with Gasteiger partial charge in [0, 0.05) is 13.1 Å². The Balaban J connectivity index is 2.29. The first-order valence-electron chi connectivity index (χ1n) is 15.3. The topological polar surface area (TPSA) is 6.48 Å². The normalized spacial score (nSPS) is 11.7. The maximum atomic E-state index is 2.63. The molecule has 0 amide bonds. The lowest BCUT2D eigenvalue weighted by Crippen LogP contribution is -2.25. The fourth-order valence-corrected chi connectivity index (χ4v) is 4.98. The van der Waals surface area contributed by atoms with Crippen LogP contribution in [0.1, 0.15) is 142 Å². The predicted octanol–water partition coefficient (Wildman–Crippen LogP) is 9.61. The Kier molecular flexibility index (Phi) is 20.7. The zero-order chi connectivity index (χ0) is 24.7. The zero-order valence-electron chi connectivity index (χ0n) is 23.8. The van der Waals surface area contributed by atoms with E-state index in [2.05, 4.69) is 61.8 Å². The van der Waals surface area contributed by atoms with Crippen LogP contribution in [0.15, 0.2) is 24.3 Å². The summed E-state index contributed by atoms with van der Waals surface area (Å²) in [5.74, 6) is 0. The summed E-state index contributed by atoms with van der Waals surface area (Å²) >= 11 is 0. The molecular weight excluding hydrogens is 412 g/mol. The van der Waals surface area contributed by atoms with Gasteiger partial charge < -0.3 is 0 Å². The van der Waals surface area contributed by atoms with E-state index in [1.54, 1.807) is 0 Å². The smallest absolute Gasteiger partial charge is 0.0233 e. The summed E-state index contributed by atoms with van der Waals surface area (Å²) in [6.07, 6.45) is 22.5. The first-order valence-corrected chi connectivity index (χ1v) is 15.3. The summed E-state index contributed by atoms with van der Waals surface area (Å²) in [6, 6.07) is 9.40. The van der Waals surface area contributed by atoms with Gasteiger partial charge in [-0.3, -0.25) is 9.80 Å². The molecule has 34 heavy (non-hydrogen) atoms. The summed E-state index contributed by atoms with van der Waals surface area (Å²) in [5.41, 5.74) is 2.98. The Labute approximate surface area is 214 Å². The van der Waals surface area contributed by atoms with Gasteiger partial charge in [-0.05, 0) is 50.1 Å². The second-order valence-electron chi connectivity index (χ2n) is 10.5. The van der Waals surface area contributed by atoms with Crippen molar-refractivity contribution in [2.45, 2.75) is 144 Å². The third kappa shape index (κ3) is 16.7.